The molecule has 0 saturated heterocycles. The van der Waals surface area contributed by atoms with Crippen molar-refractivity contribution in [1.82, 2.24) is 0 Å². The molecular formula is C13H6F5N3O2S. The lowest BCUT2D eigenvalue weighted by Crippen LogP contribution is -2.22. The van der Waals surface area contributed by atoms with Crippen molar-refractivity contribution in [1.29, 1.82) is 0 Å². The molecule has 0 amide bonds. The number of rotatable bonds is 3. The first-order valence-electron chi connectivity index (χ1n) is 6.06. The van der Waals surface area contributed by atoms with Gasteiger partial charge in [0.1, 0.15) is 5.69 Å². The van der Waals surface area contributed by atoms with Crippen LogP contribution in [-0.4, -0.2) is 10.0 Å². The maximum Gasteiger partial charge on any atom is 0.271 e. The molecule has 0 bridgehead atoms. The van der Waals surface area contributed by atoms with Crippen LogP contribution in [0.4, 0.5) is 39.0 Å². The lowest BCUT2D eigenvalue weighted by molar-refractivity contribution is -0.384. The lowest BCUT2D eigenvalue weighted by Gasteiger charge is -2.13. The van der Waals surface area contributed by atoms with E-state index in [0.29, 0.717) is 0 Å². The average Bonchev–Trinajstić information content (AvgIpc) is 2.55. The van der Waals surface area contributed by atoms with Gasteiger partial charge < -0.3 is 10.6 Å². The number of hydrogen-bond donors (Lipinski definition) is 2. The molecule has 0 heterocycles. The molecule has 0 aliphatic heterocycles. The molecule has 0 unspecified atom stereocenters. The van der Waals surface area contributed by atoms with Gasteiger partial charge in [0.05, 0.1) is 4.92 Å². The van der Waals surface area contributed by atoms with Crippen LogP contribution >= 0.6 is 12.2 Å². The first-order chi connectivity index (χ1) is 11.2. The van der Waals surface area contributed by atoms with Crippen LogP contribution in [0.3, 0.4) is 0 Å². The van der Waals surface area contributed by atoms with Gasteiger partial charge in [-0.1, -0.05) is 6.07 Å². The molecule has 0 aliphatic carbocycles. The molecule has 0 aliphatic rings. The predicted octanol–water partition coefficient (Wildman–Crippen LogP) is 4.10. The van der Waals surface area contributed by atoms with Crippen molar-refractivity contribution in [3.05, 3.63) is 63.5 Å². The average molecular weight is 363 g/mol. The number of hydrogen-bond acceptors (Lipinski definition) is 3. The van der Waals surface area contributed by atoms with E-state index in [0.717, 1.165) is 6.07 Å². The van der Waals surface area contributed by atoms with Crippen LogP contribution in [0.2, 0.25) is 0 Å². The molecule has 0 radical (unpaired) electrons. The summed E-state index contributed by atoms with van der Waals surface area (Å²) < 4.78 is 66.1. The topological polar surface area (TPSA) is 67.2 Å². The van der Waals surface area contributed by atoms with E-state index in [1.54, 1.807) is 0 Å². The minimum absolute atomic E-state index is 0.0746. The summed E-state index contributed by atoms with van der Waals surface area (Å²) in [6, 6.07) is 4.90. The second-order valence-electron chi connectivity index (χ2n) is 4.33. The zero-order valence-electron chi connectivity index (χ0n) is 11.4. The molecule has 2 N–H and O–H groups in total. The number of anilines is 2. The number of non-ortho nitro benzene ring substituents is 1. The second-order valence-corrected chi connectivity index (χ2v) is 4.74. The highest BCUT2D eigenvalue weighted by Crippen LogP contribution is 2.27. The fourth-order valence-corrected chi connectivity index (χ4v) is 1.91. The summed E-state index contributed by atoms with van der Waals surface area (Å²) in [7, 11) is 0. The van der Waals surface area contributed by atoms with Crippen LogP contribution in [0, 0.1) is 39.2 Å². The van der Waals surface area contributed by atoms with Gasteiger partial charge in [-0.05, 0) is 18.3 Å². The minimum Gasteiger partial charge on any atom is -0.332 e. The molecule has 2 aromatic rings. The quantitative estimate of drug-likeness (QED) is 0.215. The minimum atomic E-state index is -2.30. The Morgan fingerprint density at radius 1 is 0.958 bits per heavy atom. The Morgan fingerprint density at radius 2 is 1.50 bits per heavy atom. The van der Waals surface area contributed by atoms with Gasteiger partial charge >= 0.3 is 0 Å². The van der Waals surface area contributed by atoms with Crippen LogP contribution in [0.15, 0.2) is 24.3 Å². The highest BCUT2D eigenvalue weighted by molar-refractivity contribution is 7.80. The molecule has 2 aromatic carbocycles. The molecule has 11 heteroatoms. The summed E-state index contributed by atoms with van der Waals surface area (Å²) in [5.74, 6) is -10.7. The van der Waals surface area contributed by atoms with E-state index in [1.807, 2.05) is 5.32 Å². The van der Waals surface area contributed by atoms with Gasteiger partial charge in [-0.3, -0.25) is 10.1 Å². The Hall–Kier alpha value is -2.82. The zero-order chi connectivity index (χ0) is 18.0. The third-order valence-electron chi connectivity index (χ3n) is 2.76. The van der Waals surface area contributed by atoms with Crippen molar-refractivity contribution >= 4 is 34.4 Å². The molecule has 0 spiro atoms. The normalized spacial score (nSPS) is 10.4. The molecule has 0 saturated carbocycles. The van der Waals surface area contributed by atoms with Gasteiger partial charge in [0.2, 0.25) is 5.82 Å². The summed E-state index contributed by atoms with van der Waals surface area (Å²) in [4.78, 5) is 9.95. The van der Waals surface area contributed by atoms with E-state index in [2.05, 4.69) is 5.32 Å². The van der Waals surface area contributed by atoms with Gasteiger partial charge in [-0.2, -0.15) is 0 Å². The van der Waals surface area contributed by atoms with E-state index in [1.165, 1.54) is 18.2 Å². The molecule has 0 atom stereocenters. The van der Waals surface area contributed by atoms with Crippen LogP contribution in [0.5, 0.6) is 0 Å². The predicted molar refractivity (Wildman–Crippen MR) is 79.2 cm³/mol. The molecule has 24 heavy (non-hydrogen) atoms. The van der Waals surface area contributed by atoms with Gasteiger partial charge in [0.15, 0.2) is 28.4 Å². The van der Waals surface area contributed by atoms with Gasteiger partial charge in [-0.15, -0.1) is 0 Å². The molecule has 0 fully saturated rings. The van der Waals surface area contributed by atoms with Crippen molar-refractivity contribution in [3.8, 4) is 0 Å². The number of nitrogens with zero attached hydrogens (tertiary/aromatic N) is 1. The standard InChI is InChI=1S/C13H6F5N3O2S/c14-7-8(15)10(17)12(11(18)9(7)16)20-13(24)19-5-2-1-3-6(4-5)21(22)23/h1-4H,(H2,19,20,24). The highest BCUT2D eigenvalue weighted by Gasteiger charge is 2.26. The fraction of sp³-hybridized carbons (Fsp3) is 0. The summed E-state index contributed by atoms with van der Waals surface area (Å²) in [5.41, 5.74) is -1.56. The summed E-state index contributed by atoms with van der Waals surface area (Å²) in [6.45, 7) is 0. The van der Waals surface area contributed by atoms with Crippen molar-refractivity contribution in [2.75, 3.05) is 10.6 Å². The smallest absolute Gasteiger partial charge is 0.271 e. The van der Waals surface area contributed by atoms with Crippen LogP contribution < -0.4 is 10.6 Å². The Morgan fingerprint density at radius 3 is 2.04 bits per heavy atom. The van der Waals surface area contributed by atoms with Crippen LogP contribution in [0.25, 0.3) is 0 Å². The number of benzene rings is 2. The molecule has 5 nitrogen and oxygen atoms in total. The van der Waals surface area contributed by atoms with Gasteiger partial charge in [0.25, 0.3) is 5.69 Å². The molecule has 126 valence electrons. The van der Waals surface area contributed by atoms with Gasteiger partial charge in [0, 0.05) is 17.8 Å². The number of nitrogens with one attached hydrogen (secondary N) is 2. The lowest BCUT2D eigenvalue weighted by atomic mass is 10.2. The van der Waals surface area contributed by atoms with E-state index >= 15 is 0 Å². The molecular weight excluding hydrogens is 357 g/mol. The highest BCUT2D eigenvalue weighted by atomic mass is 32.1. The largest absolute Gasteiger partial charge is 0.332 e. The maximum atomic E-state index is 13.5. The van der Waals surface area contributed by atoms with Gasteiger partial charge in [-0.25, -0.2) is 22.0 Å². The Kier molecular flexibility index (Phi) is 4.93. The monoisotopic (exact) mass is 363 g/mol. The molecule has 2 rings (SSSR count). The second kappa shape index (κ2) is 6.74. The SMILES string of the molecule is O=[N+]([O-])c1cccc(NC(=S)Nc2c(F)c(F)c(F)c(F)c2F)c1. The number of nitro groups is 1. The first kappa shape index (κ1) is 17.5. The maximum absolute atomic E-state index is 13.5. The van der Waals surface area contributed by atoms with Crippen molar-refractivity contribution < 1.29 is 26.9 Å². The first-order valence-corrected chi connectivity index (χ1v) is 6.47. The van der Waals surface area contributed by atoms with Crippen LogP contribution in [0.1, 0.15) is 0 Å². The van der Waals surface area contributed by atoms with E-state index in [9.17, 15) is 32.1 Å². The van der Waals surface area contributed by atoms with Crippen LogP contribution in [-0.2, 0) is 0 Å². The summed E-state index contributed by atoms with van der Waals surface area (Å²) in [5, 5.41) is 14.3. The van der Waals surface area contributed by atoms with Crippen molar-refractivity contribution in [2.45, 2.75) is 0 Å². The van der Waals surface area contributed by atoms with E-state index in [-0.39, 0.29) is 11.4 Å². The third kappa shape index (κ3) is 3.40. The molecule has 0 aromatic heterocycles. The Balaban J connectivity index is 2.25. The summed E-state index contributed by atoms with van der Waals surface area (Å²) >= 11 is 4.70. The Labute approximate surface area is 136 Å². The van der Waals surface area contributed by atoms with E-state index in [4.69, 9.17) is 12.2 Å². The van der Waals surface area contributed by atoms with Crippen molar-refractivity contribution in [2.24, 2.45) is 0 Å². The Bertz CT molecular complexity index is 818. The van der Waals surface area contributed by atoms with Crippen molar-refractivity contribution in [3.63, 3.8) is 0 Å². The van der Waals surface area contributed by atoms with E-state index < -0.39 is 44.8 Å². The third-order valence-corrected chi connectivity index (χ3v) is 2.97. The number of nitro benzene ring substituents is 1. The number of thiocarbonyl (C=S) groups is 1. The summed E-state index contributed by atoms with van der Waals surface area (Å²) in [6.07, 6.45) is 0. The zero-order valence-corrected chi connectivity index (χ0v) is 12.2. The fourth-order valence-electron chi connectivity index (χ4n) is 1.69. The number of halogens is 5.